The molecular formula is C24H23ClN4O4S. The second-order valence-corrected chi connectivity index (χ2v) is 9.29. The number of thioether (sulfide) groups is 1. The SMILES string of the molecule is O=C(CSc1nccn1-c1ccc(Cl)cc1)N1CCN(C(=O)C2COc3ccccc3O2)CC1. The van der Waals surface area contributed by atoms with Gasteiger partial charge in [0.05, 0.1) is 5.75 Å². The molecule has 1 saturated heterocycles. The molecule has 2 amide bonds. The number of para-hydroxylation sites is 2. The van der Waals surface area contributed by atoms with Crippen LogP contribution in [0.5, 0.6) is 11.5 Å². The summed E-state index contributed by atoms with van der Waals surface area (Å²) in [6, 6.07) is 14.8. The van der Waals surface area contributed by atoms with Crippen molar-refractivity contribution in [1.29, 1.82) is 0 Å². The summed E-state index contributed by atoms with van der Waals surface area (Å²) in [6.07, 6.45) is 2.90. The Morgan fingerprint density at radius 3 is 2.47 bits per heavy atom. The summed E-state index contributed by atoms with van der Waals surface area (Å²) in [4.78, 5) is 33.6. The number of carbonyl (C=O) groups excluding carboxylic acids is 2. The van der Waals surface area contributed by atoms with Crippen molar-refractivity contribution in [2.45, 2.75) is 11.3 Å². The van der Waals surface area contributed by atoms with Crippen molar-refractivity contribution in [1.82, 2.24) is 19.4 Å². The third-order valence-electron chi connectivity index (χ3n) is 5.76. The highest BCUT2D eigenvalue weighted by molar-refractivity contribution is 7.99. The number of hydrogen-bond donors (Lipinski definition) is 0. The normalized spacial score (nSPS) is 17.5. The van der Waals surface area contributed by atoms with Crippen LogP contribution in [0.1, 0.15) is 0 Å². The summed E-state index contributed by atoms with van der Waals surface area (Å²) >= 11 is 7.37. The van der Waals surface area contributed by atoms with Gasteiger partial charge in [0.1, 0.15) is 6.61 Å². The molecule has 3 heterocycles. The fraction of sp³-hybridized carbons (Fsp3) is 0.292. The van der Waals surface area contributed by atoms with Gasteiger partial charge >= 0.3 is 0 Å². The molecule has 0 N–H and O–H groups in total. The van der Waals surface area contributed by atoms with Crippen molar-refractivity contribution in [2.75, 3.05) is 38.5 Å². The molecular weight excluding hydrogens is 476 g/mol. The zero-order valence-electron chi connectivity index (χ0n) is 18.3. The Bertz CT molecular complexity index is 1180. The van der Waals surface area contributed by atoms with Crippen LogP contribution >= 0.6 is 23.4 Å². The molecule has 1 aromatic heterocycles. The molecule has 0 spiro atoms. The first-order valence-electron chi connectivity index (χ1n) is 11.0. The lowest BCUT2D eigenvalue weighted by atomic mass is 10.2. The molecule has 0 radical (unpaired) electrons. The molecule has 1 unspecified atom stereocenters. The maximum atomic E-state index is 12.9. The first-order chi connectivity index (χ1) is 16.6. The molecule has 0 aliphatic carbocycles. The van der Waals surface area contributed by atoms with Crippen LogP contribution in [0.4, 0.5) is 0 Å². The summed E-state index contributed by atoms with van der Waals surface area (Å²) in [7, 11) is 0. The molecule has 2 aliphatic heterocycles. The topological polar surface area (TPSA) is 76.9 Å². The molecule has 10 heteroatoms. The number of fused-ring (bicyclic) bond motifs is 1. The zero-order chi connectivity index (χ0) is 23.5. The first-order valence-corrected chi connectivity index (χ1v) is 12.3. The molecule has 8 nitrogen and oxygen atoms in total. The molecule has 1 fully saturated rings. The van der Waals surface area contributed by atoms with Crippen LogP contribution in [0.2, 0.25) is 5.02 Å². The second-order valence-electron chi connectivity index (χ2n) is 7.92. The molecule has 34 heavy (non-hydrogen) atoms. The molecule has 2 aliphatic rings. The van der Waals surface area contributed by atoms with Crippen LogP contribution in [-0.2, 0) is 9.59 Å². The van der Waals surface area contributed by atoms with Crippen LogP contribution in [-0.4, -0.2) is 75.8 Å². The van der Waals surface area contributed by atoms with E-state index in [0.717, 1.165) is 10.8 Å². The maximum absolute atomic E-state index is 12.9. The van der Waals surface area contributed by atoms with Gasteiger partial charge in [-0.15, -0.1) is 0 Å². The largest absolute Gasteiger partial charge is 0.485 e. The third-order valence-corrected chi connectivity index (χ3v) is 6.97. The lowest BCUT2D eigenvalue weighted by molar-refractivity contribution is -0.145. The van der Waals surface area contributed by atoms with E-state index in [1.54, 1.807) is 22.1 Å². The molecule has 0 saturated carbocycles. The highest BCUT2D eigenvalue weighted by atomic mass is 35.5. The minimum Gasteiger partial charge on any atom is -0.485 e. The fourth-order valence-electron chi connectivity index (χ4n) is 3.93. The molecule has 3 aromatic rings. The second kappa shape index (κ2) is 9.99. The number of amides is 2. The first kappa shape index (κ1) is 22.6. The van der Waals surface area contributed by atoms with Gasteiger partial charge in [-0.25, -0.2) is 4.98 Å². The Hall–Kier alpha value is -3.17. The lowest BCUT2D eigenvalue weighted by Crippen LogP contribution is -2.55. The third kappa shape index (κ3) is 4.85. The van der Waals surface area contributed by atoms with E-state index < -0.39 is 6.10 Å². The number of nitrogens with zero attached hydrogens (tertiary/aromatic N) is 4. The number of rotatable bonds is 5. The van der Waals surface area contributed by atoms with Gasteiger partial charge in [0, 0.05) is 49.3 Å². The van der Waals surface area contributed by atoms with Crippen molar-refractivity contribution in [3.63, 3.8) is 0 Å². The standard InChI is InChI=1S/C24H23ClN4O4S/c25-17-5-7-18(8-6-17)29-10-9-26-24(29)34-16-22(30)27-11-13-28(14-12-27)23(31)21-15-32-19-3-1-2-4-20(19)33-21/h1-10,21H,11-16H2. The van der Waals surface area contributed by atoms with Crippen molar-refractivity contribution in [2.24, 2.45) is 0 Å². The number of benzene rings is 2. The van der Waals surface area contributed by atoms with Crippen LogP contribution in [0.15, 0.2) is 66.1 Å². The van der Waals surface area contributed by atoms with E-state index in [9.17, 15) is 9.59 Å². The summed E-state index contributed by atoms with van der Waals surface area (Å²) in [5, 5.41) is 1.40. The predicted molar refractivity (Wildman–Crippen MR) is 129 cm³/mol. The van der Waals surface area contributed by atoms with Crippen molar-refractivity contribution >= 4 is 35.2 Å². The number of imidazole rings is 1. The van der Waals surface area contributed by atoms with Gasteiger partial charge in [0.2, 0.25) is 12.0 Å². The van der Waals surface area contributed by atoms with Crippen molar-refractivity contribution in [3.8, 4) is 17.2 Å². The van der Waals surface area contributed by atoms with Gasteiger partial charge < -0.3 is 19.3 Å². The smallest absolute Gasteiger partial charge is 0.267 e. The van der Waals surface area contributed by atoms with E-state index in [4.69, 9.17) is 21.1 Å². The van der Waals surface area contributed by atoms with E-state index >= 15 is 0 Å². The number of ether oxygens (including phenoxy) is 2. The summed E-state index contributed by atoms with van der Waals surface area (Å²) < 4.78 is 13.4. The van der Waals surface area contributed by atoms with Gasteiger partial charge in [-0.05, 0) is 36.4 Å². The minimum absolute atomic E-state index is 0.0222. The Balaban J connectivity index is 1.12. The van der Waals surface area contributed by atoms with Gasteiger partial charge in [-0.3, -0.25) is 14.2 Å². The number of aromatic nitrogens is 2. The molecule has 2 aromatic carbocycles. The number of carbonyl (C=O) groups is 2. The monoisotopic (exact) mass is 498 g/mol. The van der Waals surface area contributed by atoms with E-state index in [-0.39, 0.29) is 24.2 Å². The van der Waals surface area contributed by atoms with E-state index in [0.29, 0.717) is 42.7 Å². The number of halogens is 1. The van der Waals surface area contributed by atoms with E-state index in [1.165, 1.54) is 11.8 Å². The summed E-state index contributed by atoms with van der Waals surface area (Å²) in [5.41, 5.74) is 0.931. The number of piperazine rings is 1. The van der Waals surface area contributed by atoms with Gasteiger partial charge in [-0.2, -0.15) is 0 Å². The quantitative estimate of drug-likeness (QED) is 0.503. The maximum Gasteiger partial charge on any atom is 0.267 e. The van der Waals surface area contributed by atoms with Crippen LogP contribution in [0.3, 0.4) is 0 Å². The van der Waals surface area contributed by atoms with Crippen molar-refractivity contribution < 1.29 is 19.1 Å². The summed E-state index contributed by atoms with van der Waals surface area (Å²) in [6.45, 7) is 2.10. The van der Waals surface area contributed by atoms with Crippen LogP contribution < -0.4 is 9.47 Å². The average Bonchev–Trinajstić information content (AvgIpc) is 3.36. The highest BCUT2D eigenvalue weighted by Gasteiger charge is 2.33. The molecule has 1 atom stereocenters. The fourth-order valence-corrected chi connectivity index (χ4v) is 4.94. The Morgan fingerprint density at radius 2 is 1.71 bits per heavy atom. The Kier molecular flexibility index (Phi) is 6.64. The average molecular weight is 499 g/mol. The van der Waals surface area contributed by atoms with Gasteiger partial charge in [0.25, 0.3) is 5.91 Å². The van der Waals surface area contributed by atoms with Crippen LogP contribution in [0.25, 0.3) is 5.69 Å². The predicted octanol–water partition coefficient (Wildman–Crippen LogP) is 3.13. The van der Waals surface area contributed by atoms with Crippen molar-refractivity contribution in [3.05, 3.63) is 65.9 Å². The van der Waals surface area contributed by atoms with E-state index in [2.05, 4.69) is 4.98 Å². The lowest BCUT2D eigenvalue weighted by Gasteiger charge is -2.37. The zero-order valence-corrected chi connectivity index (χ0v) is 19.9. The molecule has 176 valence electrons. The molecule has 5 rings (SSSR count). The Labute approximate surface area is 206 Å². The Morgan fingerprint density at radius 1 is 1.00 bits per heavy atom. The number of hydrogen-bond acceptors (Lipinski definition) is 6. The highest BCUT2D eigenvalue weighted by Crippen LogP contribution is 2.31. The summed E-state index contributed by atoms with van der Waals surface area (Å²) in [5.74, 6) is 1.41. The van der Waals surface area contributed by atoms with E-state index in [1.807, 2.05) is 53.2 Å². The van der Waals surface area contributed by atoms with Crippen LogP contribution in [0, 0.1) is 0 Å². The van der Waals surface area contributed by atoms with Gasteiger partial charge in [0.15, 0.2) is 16.7 Å². The molecule has 0 bridgehead atoms. The van der Waals surface area contributed by atoms with Gasteiger partial charge in [-0.1, -0.05) is 35.5 Å². The minimum atomic E-state index is -0.667.